The van der Waals surface area contributed by atoms with Gasteiger partial charge in [-0.05, 0) is 49.4 Å². The molecule has 0 amide bonds. The summed E-state index contributed by atoms with van der Waals surface area (Å²) < 4.78 is 2.40. The predicted octanol–water partition coefficient (Wildman–Crippen LogP) is 3.58. The molecule has 2 aliphatic rings. The number of rotatable bonds is 2. The standard InChI is InChI=1S/C14H15ClN2/c15-9-1-4-13-11(7-9)12(14(16)5-6-14)8-17(13)10-2-3-10/h1,4,7-8,10H,2-3,5-6,16H2. The average Bonchev–Trinajstić information content (AvgIpc) is 3.21. The summed E-state index contributed by atoms with van der Waals surface area (Å²) in [6.45, 7) is 0. The lowest BCUT2D eigenvalue weighted by Crippen LogP contribution is -2.18. The van der Waals surface area contributed by atoms with Crippen LogP contribution >= 0.6 is 11.6 Å². The van der Waals surface area contributed by atoms with Gasteiger partial charge in [-0.15, -0.1) is 0 Å². The van der Waals surface area contributed by atoms with Crippen LogP contribution in [0.2, 0.25) is 5.02 Å². The van der Waals surface area contributed by atoms with Gasteiger partial charge in [-0.1, -0.05) is 11.6 Å². The molecule has 2 aromatic rings. The Balaban J connectivity index is 2.02. The van der Waals surface area contributed by atoms with Crippen LogP contribution in [0.3, 0.4) is 0 Å². The molecule has 17 heavy (non-hydrogen) atoms. The topological polar surface area (TPSA) is 30.9 Å². The molecule has 1 aromatic heterocycles. The summed E-state index contributed by atoms with van der Waals surface area (Å²) in [5.41, 5.74) is 8.87. The third-order valence-corrected chi connectivity index (χ3v) is 4.30. The van der Waals surface area contributed by atoms with Gasteiger partial charge in [0, 0.05) is 33.7 Å². The van der Waals surface area contributed by atoms with Crippen LogP contribution in [-0.4, -0.2) is 4.57 Å². The fraction of sp³-hybridized carbons (Fsp3) is 0.429. The van der Waals surface area contributed by atoms with Gasteiger partial charge in [0.15, 0.2) is 0 Å². The van der Waals surface area contributed by atoms with Gasteiger partial charge in [-0.25, -0.2) is 0 Å². The maximum atomic E-state index is 6.36. The lowest BCUT2D eigenvalue weighted by Gasteiger charge is -2.06. The number of hydrogen-bond acceptors (Lipinski definition) is 1. The molecule has 1 aromatic carbocycles. The van der Waals surface area contributed by atoms with Crippen molar-refractivity contribution in [3.05, 3.63) is 35.0 Å². The van der Waals surface area contributed by atoms with Crippen LogP contribution in [0.15, 0.2) is 24.4 Å². The van der Waals surface area contributed by atoms with Crippen LogP contribution in [0.4, 0.5) is 0 Å². The largest absolute Gasteiger partial charge is 0.344 e. The maximum Gasteiger partial charge on any atom is 0.0487 e. The Bertz CT molecular complexity index is 606. The van der Waals surface area contributed by atoms with E-state index < -0.39 is 0 Å². The second kappa shape index (κ2) is 3.06. The molecule has 0 spiro atoms. The number of fused-ring (bicyclic) bond motifs is 1. The van der Waals surface area contributed by atoms with Gasteiger partial charge in [0.05, 0.1) is 0 Å². The first-order valence-corrected chi connectivity index (χ1v) is 6.65. The van der Waals surface area contributed by atoms with E-state index in [4.69, 9.17) is 17.3 Å². The normalized spacial score (nSPS) is 22.0. The van der Waals surface area contributed by atoms with Crippen LogP contribution in [-0.2, 0) is 5.54 Å². The lowest BCUT2D eigenvalue weighted by molar-refractivity contribution is 0.721. The average molecular weight is 247 g/mol. The summed E-state index contributed by atoms with van der Waals surface area (Å²) in [6, 6.07) is 6.86. The molecule has 88 valence electrons. The second-order valence-electron chi connectivity index (χ2n) is 5.50. The quantitative estimate of drug-likeness (QED) is 0.863. The number of halogens is 1. The molecular weight excluding hydrogens is 232 g/mol. The van der Waals surface area contributed by atoms with Crippen LogP contribution in [0.25, 0.3) is 10.9 Å². The zero-order valence-corrected chi connectivity index (χ0v) is 10.4. The first-order valence-electron chi connectivity index (χ1n) is 6.27. The Labute approximate surface area is 105 Å². The first kappa shape index (κ1) is 9.98. The summed E-state index contributed by atoms with van der Waals surface area (Å²) in [4.78, 5) is 0. The minimum absolute atomic E-state index is 0.0803. The van der Waals surface area contributed by atoms with E-state index in [-0.39, 0.29) is 5.54 Å². The molecule has 3 heteroatoms. The summed E-state index contributed by atoms with van der Waals surface area (Å²) >= 11 is 6.12. The highest BCUT2D eigenvalue weighted by atomic mass is 35.5. The van der Waals surface area contributed by atoms with E-state index in [1.807, 2.05) is 6.07 Å². The SMILES string of the molecule is NC1(c2cn(C3CC3)c3ccc(Cl)cc23)CC1. The van der Waals surface area contributed by atoms with E-state index >= 15 is 0 Å². The summed E-state index contributed by atoms with van der Waals surface area (Å²) in [5, 5.41) is 2.06. The Morgan fingerprint density at radius 1 is 1.29 bits per heavy atom. The third-order valence-electron chi connectivity index (χ3n) is 4.06. The van der Waals surface area contributed by atoms with Gasteiger partial charge in [0.2, 0.25) is 0 Å². The third kappa shape index (κ3) is 1.44. The van der Waals surface area contributed by atoms with Crippen molar-refractivity contribution in [2.75, 3.05) is 0 Å². The lowest BCUT2D eigenvalue weighted by atomic mass is 10.1. The predicted molar refractivity (Wildman–Crippen MR) is 70.3 cm³/mol. The van der Waals surface area contributed by atoms with Crippen LogP contribution < -0.4 is 5.73 Å². The van der Waals surface area contributed by atoms with Crippen molar-refractivity contribution in [2.24, 2.45) is 5.73 Å². The maximum absolute atomic E-state index is 6.36. The molecule has 2 saturated carbocycles. The Hall–Kier alpha value is -0.990. The minimum Gasteiger partial charge on any atom is -0.344 e. The molecule has 0 aliphatic heterocycles. The van der Waals surface area contributed by atoms with Gasteiger partial charge in [0.1, 0.15) is 0 Å². The number of aromatic nitrogens is 1. The zero-order valence-electron chi connectivity index (χ0n) is 9.62. The van der Waals surface area contributed by atoms with E-state index in [2.05, 4.69) is 22.9 Å². The fourth-order valence-corrected chi connectivity index (χ4v) is 2.85. The van der Waals surface area contributed by atoms with E-state index in [0.29, 0.717) is 6.04 Å². The highest BCUT2D eigenvalue weighted by Crippen LogP contribution is 2.48. The van der Waals surface area contributed by atoms with Crippen molar-refractivity contribution < 1.29 is 0 Å². The smallest absolute Gasteiger partial charge is 0.0487 e. The summed E-state index contributed by atoms with van der Waals surface area (Å²) in [7, 11) is 0. The summed E-state index contributed by atoms with van der Waals surface area (Å²) in [5.74, 6) is 0. The summed E-state index contributed by atoms with van der Waals surface area (Å²) in [6.07, 6.45) is 7.06. The molecule has 2 aliphatic carbocycles. The van der Waals surface area contributed by atoms with Crippen LogP contribution in [0.5, 0.6) is 0 Å². The molecule has 0 radical (unpaired) electrons. The van der Waals surface area contributed by atoms with Gasteiger partial charge < -0.3 is 10.3 Å². The Morgan fingerprint density at radius 2 is 2.06 bits per heavy atom. The molecule has 0 atom stereocenters. The Morgan fingerprint density at radius 3 is 2.71 bits per heavy atom. The fourth-order valence-electron chi connectivity index (χ4n) is 2.68. The molecule has 2 N–H and O–H groups in total. The van der Waals surface area contributed by atoms with Crippen molar-refractivity contribution in [1.29, 1.82) is 0 Å². The number of benzene rings is 1. The van der Waals surface area contributed by atoms with Crippen LogP contribution in [0.1, 0.15) is 37.3 Å². The first-order chi connectivity index (χ1) is 8.17. The second-order valence-corrected chi connectivity index (χ2v) is 5.94. The van der Waals surface area contributed by atoms with Gasteiger partial charge in [-0.3, -0.25) is 0 Å². The highest BCUT2D eigenvalue weighted by Gasteiger charge is 2.43. The number of nitrogens with zero attached hydrogens (tertiary/aromatic N) is 1. The number of hydrogen-bond donors (Lipinski definition) is 1. The van der Waals surface area contributed by atoms with Crippen molar-refractivity contribution in [3.63, 3.8) is 0 Å². The zero-order chi connectivity index (χ0) is 11.6. The molecular formula is C14H15ClN2. The molecule has 0 unspecified atom stereocenters. The molecule has 1 heterocycles. The van der Waals surface area contributed by atoms with E-state index in [1.54, 1.807) is 0 Å². The molecule has 4 rings (SSSR count). The number of nitrogens with two attached hydrogens (primary N) is 1. The molecule has 2 fully saturated rings. The highest BCUT2D eigenvalue weighted by molar-refractivity contribution is 6.31. The van der Waals surface area contributed by atoms with E-state index in [1.165, 1.54) is 29.3 Å². The Kier molecular flexibility index (Phi) is 1.80. The van der Waals surface area contributed by atoms with Crippen molar-refractivity contribution in [1.82, 2.24) is 4.57 Å². The van der Waals surface area contributed by atoms with Gasteiger partial charge in [0.25, 0.3) is 0 Å². The van der Waals surface area contributed by atoms with Crippen LogP contribution in [0, 0.1) is 0 Å². The van der Waals surface area contributed by atoms with Gasteiger partial charge in [-0.2, -0.15) is 0 Å². The molecule has 0 saturated heterocycles. The monoisotopic (exact) mass is 246 g/mol. The van der Waals surface area contributed by atoms with Crippen molar-refractivity contribution in [3.8, 4) is 0 Å². The molecule has 2 nitrogen and oxygen atoms in total. The molecule has 0 bridgehead atoms. The minimum atomic E-state index is -0.0803. The van der Waals surface area contributed by atoms with Gasteiger partial charge >= 0.3 is 0 Å². The van der Waals surface area contributed by atoms with E-state index in [9.17, 15) is 0 Å². The van der Waals surface area contributed by atoms with Crippen molar-refractivity contribution in [2.45, 2.75) is 37.3 Å². The van der Waals surface area contributed by atoms with E-state index in [0.717, 1.165) is 17.9 Å². The van der Waals surface area contributed by atoms with Crippen molar-refractivity contribution >= 4 is 22.5 Å².